The van der Waals surface area contributed by atoms with Gasteiger partial charge in [-0.15, -0.1) is 0 Å². The quantitative estimate of drug-likeness (QED) is 0.497. The molecular weight excluding hydrogens is 256 g/mol. The van der Waals surface area contributed by atoms with E-state index in [0.717, 1.165) is 5.69 Å². The Hall–Kier alpha value is -2.78. The van der Waals surface area contributed by atoms with E-state index in [-0.39, 0.29) is 0 Å². The molecule has 0 aliphatic rings. The third kappa shape index (κ3) is 2.63. The second-order valence-corrected chi connectivity index (χ2v) is 4.22. The number of nitrogen functional groups attached to an aromatic ring is 1. The maximum absolute atomic E-state index is 11.6. The van der Waals surface area contributed by atoms with Gasteiger partial charge in [0.2, 0.25) is 0 Å². The highest BCUT2D eigenvalue weighted by Gasteiger charge is 2.16. The molecule has 1 amide bonds. The smallest absolute Gasteiger partial charge is 0.268 e. The van der Waals surface area contributed by atoms with E-state index in [4.69, 9.17) is 15.5 Å². The molecule has 0 unspecified atom stereocenters. The Morgan fingerprint density at radius 3 is 2.90 bits per heavy atom. The average molecular weight is 270 g/mol. The predicted molar refractivity (Wildman–Crippen MR) is 73.6 cm³/mol. The molecule has 0 bridgehead atoms. The predicted octanol–water partition coefficient (Wildman–Crippen LogP) is 1.39. The van der Waals surface area contributed by atoms with Crippen LogP contribution in [0.4, 0.5) is 5.69 Å². The van der Waals surface area contributed by atoms with E-state index in [9.17, 15) is 4.79 Å². The summed E-state index contributed by atoms with van der Waals surface area (Å²) in [4.78, 5) is 13.4. The number of amides is 1. The van der Waals surface area contributed by atoms with Crippen molar-refractivity contribution < 1.29 is 9.21 Å². The van der Waals surface area contributed by atoms with E-state index in [1.165, 1.54) is 6.26 Å². The number of carbonyl (C=O) groups is 1. The van der Waals surface area contributed by atoms with Crippen LogP contribution >= 0.6 is 0 Å². The molecule has 20 heavy (non-hydrogen) atoms. The Morgan fingerprint density at radius 1 is 1.45 bits per heavy atom. The van der Waals surface area contributed by atoms with Gasteiger partial charge in [-0.3, -0.25) is 10.2 Å². The van der Waals surface area contributed by atoms with Crippen LogP contribution in [0.2, 0.25) is 0 Å². The van der Waals surface area contributed by atoms with Gasteiger partial charge in [0.05, 0.1) is 29.6 Å². The van der Waals surface area contributed by atoms with E-state index < -0.39 is 5.91 Å². The molecule has 0 fully saturated rings. The number of anilines is 1. The number of hydrogen-bond donors (Lipinski definition) is 2. The normalized spacial score (nSPS) is 9.85. The molecule has 0 aliphatic carbocycles. The third-order valence-electron chi connectivity index (χ3n) is 2.94. The van der Waals surface area contributed by atoms with Gasteiger partial charge in [0.25, 0.3) is 5.91 Å². The number of nitrogens with one attached hydrogen (secondary N) is 1. The van der Waals surface area contributed by atoms with Crippen molar-refractivity contribution >= 4 is 11.6 Å². The maximum Gasteiger partial charge on any atom is 0.268 e. The van der Waals surface area contributed by atoms with Crippen LogP contribution in [0.15, 0.2) is 41.0 Å². The summed E-state index contributed by atoms with van der Waals surface area (Å²) >= 11 is 0. The minimum Gasteiger partial charge on any atom is -0.467 e. The highest BCUT2D eigenvalue weighted by molar-refractivity contribution is 5.94. The number of hydrogen-bond acceptors (Lipinski definition) is 5. The topological polar surface area (TPSA) is 95.3 Å². The lowest BCUT2D eigenvalue weighted by Crippen LogP contribution is -2.31. The van der Waals surface area contributed by atoms with E-state index >= 15 is 0 Å². The van der Waals surface area contributed by atoms with Gasteiger partial charge in [0.1, 0.15) is 11.8 Å². The van der Waals surface area contributed by atoms with Crippen molar-refractivity contribution in [2.45, 2.75) is 6.54 Å². The molecule has 6 nitrogen and oxygen atoms in total. The van der Waals surface area contributed by atoms with Crippen molar-refractivity contribution in [3.05, 3.63) is 53.5 Å². The number of furan rings is 1. The van der Waals surface area contributed by atoms with Gasteiger partial charge in [-0.1, -0.05) is 12.1 Å². The number of hydrazine groups is 1. The van der Waals surface area contributed by atoms with Crippen LogP contribution in [0.3, 0.4) is 0 Å². The van der Waals surface area contributed by atoms with Crippen molar-refractivity contribution in [3.8, 4) is 6.07 Å². The SMILES string of the molecule is CN(Cc1occc1C(=O)NN)c1ccccc1C#N. The molecule has 0 radical (unpaired) electrons. The van der Waals surface area contributed by atoms with Gasteiger partial charge in [0, 0.05) is 7.05 Å². The first-order chi connectivity index (χ1) is 9.67. The molecule has 1 aromatic carbocycles. The average Bonchev–Trinajstić information content (AvgIpc) is 2.94. The zero-order valence-electron chi connectivity index (χ0n) is 11.0. The van der Waals surface area contributed by atoms with Crippen LogP contribution in [0.25, 0.3) is 0 Å². The number of rotatable bonds is 4. The first-order valence-corrected chi connectivity index (χ1v) is 5.95. The van der Waals surface area contributed by atoms with Gasteiger partial charge in [-0.25, -0.2) is 5.84 Å². The Morgan fingerprint density at radius 2 is 2.20 bits per heavy atom. The molecule has 0 saturated carbocycles. The van der Waals surface area contributed by atoms with E-state index in [1.807, 2.05) is 24.1 Å². The Kier molecular flexibility index (Phi) is 4.03. The van der Waals surface area contributed by atoms with Crippen LogP contribution in [0.1, 0.15) is 21.7 Å². The molecule has 0 saturated heterocycles. The lowest BCUT2D eigenvalue weighted by molar-refractivity contribution is 0.0951. The van der Waals surface area contributed by atoms with Crippen molar-refractivity contribution in [2.75, 3.05) is 11.9 Å². The molecule has 2 rings (SSSR count). The fourth-order valence-electron chi connectivity index (χ4n) is 1.94. The summed E-state index contributed by atoms with van der Waals surface area (Å²) in [5, 5.41) is 9.09. The fourth-order valence-corrected chi connectivity index (χ4v) is 1.94. The van der Waals surface area contributed by atoms with E-state index in [0.29, 0.717) is 23.4 Å². The van der Waals surface area contributed by atoms with Gasteiger partial charge in [0.15, 0.2) is 0 Å². The summed E-state index contributed by atoms with van der Waals surface area (Å²) in [5.41, 5.74) is 3.79. The lowest BCUT2D eigenvalue weighted by Gasteiger charge is -2.19. The maximum atomic E-state index is 11.6. The van der Waals surface area contributed by atoms with E-state index in [2.05, 4.69) is 11.5 Å². The van der Waals surface area contributed by atoms with Crippen LogP contribution in [0, 0.1) is 11.3 Å². The standard InChI is InChI=1S/C14H14N4O2/c1-18(12-5-3-2-4-10(12)8-15)9-13-11(6-7-20-13)14(19)17-16/h2-7H,9,16H2,1H3,(H,17,19). The van der Waals surface area contributed by atoms with Gasteiger partial charge in [-0.2, -0.15) is 5.26 Å². The van der Waals surface area contributed by atoms with Crippen LogP contribution in [-0.2, 0) is 6.54 Å². The first-order valence-electron chi connectivity index (χ1n) is 5.95. The lowest BCUT2D eigenvalue weighted by atomic mass is 10.1. The molecule has 0 atom stereocenters. The van der Waals surface area contributed by atoms with Gasteiger partial charge in [-0.05, 0) is 18.2 Å². The van der Waals surface area contributed by atoms with Gasteiger partial charge < -0.3 is 9.32 Å². The molecule has 2 aromatic rings. The van der Waals surface area contributed by atoms with Crippen LogP contribution in [0.5, 0.6) is 0 Å². The molecule has 1 aromatic heterocycles. The largest absolute Gasteiger partial charge is 0.467 e. The molecule has 6 heteroatoms. The second-order valence-electron chi connectivity index (χ2n) is 4.22. The zero-order chi connectivity index (χ0) is 14.5. The minimum atomic E-state index is -0.407. The molecule has 0 spiro atoms. The molecule has 3 N–H and O–H groups in total. The summed E-state index contributed by atoms with van der Waals surface area (Å²) in [6.45, 7) is 0.356. The summed E-state index contributed by atoms with van der Waals surface area (Å²) < 4.78 is 5.31. The first kappa shape index (κ1) is 13.6. The van der Waals surface area contributed by atoms with Crippen molar-refractivity contribution in [2.24, 2.45) is 5.84 Å². The number of nitriles is 1. The number of para-hydroxylation sites is 1. The summed E-state index contributed by atoms with van der Waals surface area (Å²) in [6, 6.07) is 10.9. The summed E-state index contributed by atoms with van der Waals surface area (Å²) in [5.74, 6) is 5.20. The molecule has 0 aliphatic heterocycles. The molecule has 102 valence electrons. The van der Waals surface area contributed by atoms with Crippen LogP contribution in [-0.4, -0.2) is 13.0 Å². The highest BCUT2D eigenvalue weighted by atomic mass is 16.3. The molecule has 1 heterocycles. The van der Waals surface area contributed by atoms with E-state index in [1.54, 1.807) is 18.2 Å². The monoisotopic (exact) mass is 270 g/mol. The van der Waals surface area contributed by atoms with Crippen molar-refractivity contribution in [1.29, 1.82) is 5.26 Å². The Labute approximate surface area is 116 Å². The fraction of sp³-hybridized carbons (Fsp3) is 0.143. The van der Waals surface area contributed by atoms with Gasteiger partial charge >= 0.3 is 0 Å². The Balaban J connectivity index is 2.25. The number of nitrogens with zero attached hydrogens (tertiary/aromatic N) is 2. The second kappa shape index (κ2) is 5.91. The third-order valence-corrected chi connectivity index (χ3v) is 2.94. The summed E-state index contributed by atoms with van der Waals surface area (Å²) in [7, 11) is 1.82. The molecular formula is C14H14N4O2. The number of nitrogens with two attached hydrogens (primary N) is 1. The summed E-state index contributed by atoms with van der Waals surface area (Å²) in [6.07, 6.45) is 1.43. The minimum absolute atomic E-state index is 0.356. The van der Waals surface area contributed by atoms with Crippen molar-refractivity contribution in [1.82, 2.24) is 5.43 Å². The number of carbonyl (C=O) groups excluding carboxylic acids is 1. The van der Waals surface area contributed by atoms with Crippen molar-refractivity contribution in [3.63, 3.8) is 0 Å². The highest BCUT2D eigenvalue weighted by Crippen LogP contribution is 2.21. The number of benzene rings is 1. The zero-order valence-corrected chi connectivity index (χ0v) is 11.0. The Bertz CT molecular complexity index is 657. The van der Waals surface area contributed by atoms with Crippen LogP contribution < -0.4 is 16.2 Å².